The third-order valence-corrected chi connectivity index (χ3v) is 9.14. The summed E-state index contributed by atoms with van der Waals surface area (Å²) in [5.74, 6) is 0.846. The first-order valence-electron chi connectivity index (χ1n) is 14.0. The highest BCUT2D eigenvalue weighted by molar-refractivity contribution is 5.97. The summed E-state index contributed by atoms with van der Waals surface area (Å²) < 4.78 is 6.35. The second-order valence-electron chi connectivity index (χ2n) is 11.2. The average molecular weight is 494 g/mol. The number of aromatic amines is 1. The molecular weight excluding hydrogens is 450 g/mol. The minimum Gasteiger partial charge on any atom is -0.481 e. The molecule has 1 aromatic heterocycles. The zero-order valence-electron chi connectivity index (χ0n) is 22.2. The molecule has 2 N–H and O–H groups in total. The fourth-order valence-electron chi connectivity index (χ4n) is 6.88. The number of rotatable bonds is 9. The molecule has 9 atom stereocenters. The minimum atomic E-state index is -0.799. The van der Waals surface area contributed by atoms with Crippen molar-refractivity contribution in [1.29, 1.82) is 0 Å². The van der Waals surface area contributed by atoms with E-state index in [1.807, 2.05) is 18.3 Å². The van der Waals surface area contributed by atoms with E-state index in [1.165, 1.54) is 18.4 Å². The quantitative estimate of drug-likeness (QED) is 0.224. The van der Waals surface area contributed by atoms with Crippen LogP contribution in [-0.4, -0.2) is 34.1 Å². The largest absolute Gasteiger partial charge is 0.481 e. The van der Waals surface area contributed by atoms with Gasteiger partial charge in [-0.2, -0.15) is 0 Å². The number of fused-ring (bicyclic) bond motifs is 1. The van der Waals surface area contributed by atoms with Gasteiger partial charge in [-0.15, -0.1) is 0 Å². The van der Waals surface area contributed by atoms with Gasteiger partial charge in [0.1, 0.15) is 0 Å². The molecule has 36 heavy (non-hydrogen) atoms. The first-order valence-corrected chi connectivity index (χ1v) is 14.0. The predicted molar refractivity (Wildman–Crippen MR) is 143 cm³/mol. The van der Waals surface area contributed by atoms with Crippen LogP contribution in [0.2, 0.25) is 0 Å². The van der Waals surface area contributed by atoms with Crippen LogP contribution in [0.4, 0.5) is 0 Å². The maximum atomic E-state index is 13.6. The van der Waals surface area contributed by atoms with Crippen molar-refractivity contribution < 1.29 is 19.4 Å². The van der Waals surface area contributed by atoms with Gasteiger partial charge in [-0.3, -0.25) is 9.59 Å². The van der Waals surface area contributed by atoms with Crippen LogP contribution in [0, 0.1) is 41.4 Å². The molecule has 5 nitrogen and oxygen atoms in total. The molecule has 1 saturated heterocycles. The highest BCUT2D eigenvalue weighted by atomic mass is 16.5. The van der Waals surface area contributed by atoms with Gasteiger partial charge in [-0.1, -0.05) is 57.6 Å². The van der Waals surface area contributed by atoms with E-state index < -0.39 is 11.9 Å². The molecule has 0 aromatic carbocycles. The molecule has 3 aliphatic rings. The number of ether oxygens (including phenoxy) is 1. The minimum absolute atomic E-state index is 0.0458. The lowest BCUT2D eigenvalue weighted by molar-refractivity contribution is -0.152. The molecule has 196 valence electrons. The fourth-order valence-corrected chi connectivity index (χ4v) is 6.88. The van der Waals surface area contributed by atoms with E-state index in [2.05, 4.69) is 56.1 Å². The Kier molecular flexibility index (Phi) is 8.71. The van der Waals surface area contributed by atoms with Gasteiger partial charge in [0.25, 0.3) is 0 Å². The SMILES string of the molecule is CC/C(=C/C=C/[C@H]1C=C[C@@H]2[C@@H](CC)CC[C@H]2[C@@H]1C(=O)c1ccc[nH]1)[C@@H]1O[C@H]([C@@H](C)C(=O)O)CC[C@@H]1C. The number of hydrogen-bond donors (Lipinski definition) is 2. The van der Waals surface area contributed by atoms with Crippen LogP contribution in [0.1, 0.15) is 76.7 Å². The first kappa shape index (κ1) is 26.7. The number of carboxylic acids is 1. The second-order valence-corrected chi connectivity index (χ2v) is 11.2. The van der Waals surface area contributed by atoms with Crippen molar-refractivity contribution in [1.82, 2.24) is 4.98 Å². The molecule has 0 unspecified atom stereocenters. The van der Waals surface area contributed by atoms with E-state index in [0.29, 0.717) is 29.4 Å². The van der Waals surface area contributed by atoms with Gasteiger partial charge in [-0.05, 0) is 80.4 Å². The number of carbonyl (C=O) groups excluding carboxylic acids is 1. The Bertz CT molecular complexity index is 990. The number of nitrogens with one attached hydrogen (secondary N) is 1. The Hall–Kier alpha value is -2.40. The number of aliphatic carboxylic acids is 1. The molecule has 0 amide bonds. The highest BCUT2D eigenvalue weighted by Crippen LogP contribution is 2.49. The summed E-state index contributed by atoms with van der Waals surface area (Å²) in [5.41, 5.74) is 1.90. The molecule has 2 fully saturated rings. The maximum absolute atomic E-state index is 13.6. The maximum Gasteiger partial charge on any atom is 0.308 e. The van der Waals surface area contributed by atoms with Crippen LogP contribution in [0.25, 0.3) is 0 Å². The van der Waals surface area contributed by atoms with Gasteiger partial charge in [0.05, 0.1) is 23.8 Å². The molecule has 1 aromatic rings. The monoisotopic (exact) mass is 493 g/mol. The van der Waals surface area contributed by atoms with Crippen molar-refractivity contribution in [3.8, 4) is 0 Å². The van der Waals surface area contributed by atoms with E-state index in [1.54, 1.807) is 6.92 Å². The summed E-state index contributed by atoms with van der Waals surface area (Å²) in [6.07, 6.45) is 18.7. The number of aromatic nitrogens is 1. The molecule has 1 saturated carbocycles. The Balaban J connectivity index is 1.55. The van der Waals surface area contributed by atoms with E-state index >= 15 is 0 Å². The number of hydrogen-bond acceptors (Lipinski definition) is 3. The summed E-state index contributed by atoms with van der Waals surface area (Å²) in [6.45, 7) is 8.33. The zero-order chi connectivity index (χ0) is 25.8. The van der Waals surface area contributed by atoms with Crippen LogP contribution < -0.4 is 0 Å². The summed E-state index contributed by atoms with van der Waals surface area (Å²) >= 11 is 0. The van der Waals surface area contributed by atoms with Gasteiger partial charge in [-0.25, -0.2) is 0 Å². The number of ketones is 1. The van der Waals surface area contributed by atoms with Crippen molar-refractivity contribution in [2.24, 2.45) is 41.4 Å². The van der Waals surface area contributed by atoms with Gasteiger partial charge in [0.15, 0.2) is 5.78 Å². The molecule has 2 aliphatic carbocycles. The van der Waals surface area contributed by atoms with Crippen molar-refractivity contribution in [3.05, 3.63) is 60.0 Å². The number of carboxylic acid groups (broad SMARTS) is 1. The molecule has 1 aliphatic heterocycles. The molecular formula is C31H43NO4. The highest BCUT2D eigenvalue weighted by Gasteiger charge is 2.45. The number of Topliss-reactive ketones (excluding diaryl/α,β-unsaturated/α-hetero) is 1. The lowest BCUT2D eigenvalue weighted by Gasteiger charge is -2.38. The summed E-state index contributed by atoms with van der Waals surface area (Å²) in [5, 5.41) is 9.46. The Morgan fingerprint density at radius 2 is 2.00 bits per heavy atom. The lowest BCUT2D eigenvalue weighted by Crippen LogP contribution is -2.40. The Morgan fingerprint density at radius 3 is 2.67 bits per heavy atom. The number of allylic oxidation sites excluding steroid dienone is 5. The molecule has 0 bridgehead atoms. The van der Waals surface area contributed by atoms with Gasteiger partial charge in [0.2, 0.25) is 0 Å². The van der Waals surface area contributed by atoms with Crippen LogP contribution >= 0.6 is 0 Å². The number of carbonyl (C=O) groups is 2. The van der Waals surface area contributed by atoms with Crippen molar-refractivity contribution in [3.63, 3.8) is 0 Å². The standard InChI is InChI=1S/C31H43NO4/c1-5-21-13-16-25-24(21)15-14-23(28(25)29(33)26-11-8-18-32-26)10-7-9-22(6-2)30-19(3)12-17-27(36-30)20(4)31(34)35/h7-11,14-15,18-21,23-25,27-28,30,32H,5-6,12-13,16-17H2,1-4H3,(H,34,35)/b10-7+,22-9-/t19-,20+,21-,23-,24+,25+,27-,28+,30+/m0/s1. The van der Waals surface area contributed by atoms with E-state index in [9.17, 15) is 14.7 Å². The third kappa shape index (κ3) is 5.46. The van der Waals surface area contributed by atoms with Crippen LogP contribution in [0.5, 0.6) is 0 Å². The summed E-state index contributed by atoms with van der Waals surface area (Å²) in [7, 11) is 0. The third-order valence-electron chi connectivity index (χ3n) is 9.14. The topological polar surface area (TPSA) is 79.4 Å². The zero-order valence-corrected chi connectivity index (χ0v) is 22.2. The van der Waals surface area contributed by atoms with Crippen molar-refractivity contribution in [2.75, 3.05) is 0 Å². The second kappa shape index (κ2) is 11.8. The van der Waals surface area contributed by atoms with E-state index in [-0.39, 0.29) is 29.8 Å². The molecule has 0 spiro atoms. The van der Waals surface area contributed by atoms with Gasteiger partial charge < -0.3 is 14.8 Å². The van der Waals surface area contributed by atoms with Crippen molar-refractivity contribution in [2.45, 2.75) is 78.4 Å². The molecule has 5 heteroatoms. The lowest BCUT2D eigenvalue weighted by atomic mass is 9.68. The fraction of sp³-hybridized carbons (Fsp3) is 0.613. The first-order chi connectivity index (χ1) is 17.3. The molecule has 2 heterocycles. The van der Waals surface area contributed by atoms with Crippen molar-refractivity contribution >= 4 is 11.8 Å². The molecule has 4 rings (SSSR count). The van der Waals surface area contributed by atoms with E-state index in [0.717, 1.165) is 25.7 Å². The Labute approximate surface area is 216 Å². The van der Waals surface area contributed by atoms with E-state index in [4.69, 9.17) is 4.74 Å². The van der Waals surface area contributed by atoms with Gasteiger partial charge in [0, 0.05) is 18.0 Å². The predicted octanol–water partition coefficient (Wildman–Crippen LogP) is 6.85. The average Bonchev–Trinajstić information content (AvgIpc) is 3.56. The van der Waals surface area contributed by atoms with Gasteiger partial charge >= 0.3 is 5.97 Å². The normalized spacial score (nSPS) is 35.6. The summed E-state index contributed by atoms with van der Waals surface area (Å²) in [4.78, 5) is 28.3. The summed E-state index contributed by atoms with van der Waals surface area (Å²) in [6, 6.07) is 3.80. The Morgan fingerprint density at radius 1 is 1.19 bits per heavy atom. The van der Waals surface area contributed by atoms with Crippen LogP contribution in [0.15, 0.2) is 54.3 Å². The van der Waals surface area contributed by atoms with Crippen LogP contribution in [-0.2, 0) is 9.53 Å². The smallest absolute Gasteiger partial charge is 0.308 e. The number of H-pyrrole nitrogens is 1. The molecule has 0 radical (unpaired) electrons. The van der Waals surface area contributed by atoms with Crippen LogP contribution in [0.3, 0.4) is 0 Å².